The third-order valence-corrected chi connectivity index (χ3v) is 2.79. The van der Waals surface area contributed by atoms with Crippen LogP contribution in [0.1, 0.15) is 24.2 Å². The molecule has 1 amide bonds. The maximum atomic E-state index is 11.9. The molecule has 0 aliphatic rings. The van der Waals surface area contributed by atoms with Gasteiger partial charge in [-0.05, 0) is 41.9 Å². The Morgan fingerprint density at radius 1 is 1.24 bits per heavy atom. The normalized spacial score (nSPS) is 10.2. The summed E-state index contributed by atoms with van der Waals surface area (Å²) in [5.74, 6) is 0.970. The predicted molar refractivity (Wildman–Crippen MR) is 69.8 cm³/mol. The highest BCUT2D eigenvalue weighted by molar-refractivity contribution is 9.10. The van der Waals surface area contributed by atoms with E-state index in [-0.39, 0.29) is 11.9 Å². The minimum Gasteiger partial charge on any atom is -0.493 e. The molecule has 0 aromatic heterocycles. The van der Waals surface area contributed by atoms with Crippen LogP contribution in [0.4, 0.5) is 0 Å². The van der Waals surface area contributed by atoms with E-state index in [0.717, 1.165) is 0 Å². The summed E-state index contributed by atoms with van der Waals surface area (Å²) in [6.07, 6.45) is 0. The van der Waals surface area contributed by atoms with Crippen LogP contribution >= 0.6 is 15.9 Å². The van der Waals surface area contributed by atoms with E-state index in [4.69, 9.17) is 9.47 Å². The molecule has 0 spiro atoms. The minimum absolute atomic E-state index is 0.0856. The number of carbonyl (C=O) groups is 1. The lowest BCUT2D eigenvalue weighted by Crippen LogP contribution is -2.30. The molecule has 94 valence electrons. The Bertz CT molecular complexity index is 418. The molecule has 4 nitrogen and oxygen atoms in total. The van der Waals surface area contributed by atoms with Gasteiger partial charge in [0.05, 0.1) is 19.8 Å². The van der Waals surface area contributed by atoms with Crippen molar-refractivity contribution in [1.82, 2.24) is 5.32 Å². The summed E-state index contributed by atoms with van der Waals surface area (Å²) in [6.45, 7) is 3.82. The van der Waals surface area contributed by atoms with Crippen LogP contribution in [0.5, 0.6) is 11.5 Å². The lowest BCUT2D eigenvalue weighted by molar-refractivity contribution is 0.0942. The number of methoxy groups -OCH3 is 2. The highest BCUT2D eigenvalue weighted by Gasteiger charge is 2.15. The van der Waals surface area contributed by atoms with Crippen molar-refractivity contribution in [3.05, 3.63) is 22.2 Å². The summed E-state index contributed by atoms with van der Waals surface area (Å²) >= 11 is 3.35. The number of ether oxygens (including phenoxy) is 2. The average Bonchev–Trinajstić information content (AvgIpc) is 2.27. The SMILES string of the molecule is COc1cc(Br)c(C(=O)NC(C)C)cc1OC. The highest BCUT2D eigenvalue weighted by Crippen LogP contribution is 2.33. The Kier molecular flexibility index (Phi) is 4.81. The Morgan fingerprint density at radius 2 is 1.76 bits per heavy atom. The standard InChI is InChI=1S/C12H16BrNO3/c1-7(2)14-12(15)8-5-10(16-3)11(17-4)6-9(8)13/h5-7H,1-4H3,(H,14,15). The summed E-state index contributed by atoms with van der Waals surface area (Å²) in [5.41, 5.74) is 0.524. The summed E-state index contributed by atoms with van der Waals surface area (Å²) in [4.78, 5) is 11.9. The zero-order valence-electron chi connectivity index (χ0n) is 10.3. The minimum atomic E-state index is -0.146. The topological polar surface area (TPSA) is 47.6 Å². The molecule has 1 N–H and O–H groups in total. The van der Waals surface area contributed by atoms with Crippen LogP contribution in [0.15, 0.2) is 16.6 Å². The molecular weight excluding hydrogens is 286 g/mol. The Labute approximate surface area is 109 Å². The van der Waals surface area contributed by atoms with E-state index in [1.807, 2.05) is 13.8 Å². The van der Waals surface area contributed by atoms with Crippen molar-refractivity contribution in [2.24, 2.45) is 0 Å². The van der Waals surface area contributed by atoms with Crippen LogP contribution in [-0.4, -0.2) is 26.2 Å². The van der Waals surface area contributed by atoms with Gasteiger partial charge in [-0.1, -0.05) is 0 Å². The highest BCUT2D eigenvalue weighted by atomic mass is 79.9. The molecule has 1 aromatic rings. The second kappa shape index (κ2) is 5.91. The van der Waals surface area contributed by atoms with Gasteiger partial charge in [0.15, 0.2) is 11.5 Å². The van der Waals surface area contributed by atoms with Crippen LogP contribution in [0.3, 0.4) is 0 Å². The van der Waals surface area contributed by atoms with Gasteiger partial charge in [0.25, 0.3) is 5.91 Å². The number of amides is 1. The quantitative estimate of drug-likeness (QED) is 0.930. The van der Waals surface area contributed by atoms with E-state index < -0.39 is 0 Å². The second-order valence-corrected chi connectivity index (χ2v) is 4.67. The van der Waals surface area contributed by atoms with Crippen LogP contribution in [0.25, 0.3) is 0 Å². The monoisotopic (exact) mass is 301 g/mol. The molecule has 17 heavy (non-hydrogen) atoms. The van der Waals surface area contributed by atoms with Crippen molar-refractivity contribution in [3.63, 3.8) is 0 Å². The van der Waals surface area contributed by atoms with Crippen molar-refractivity contribution in [3.8, 4) is 11.5 Å². The molecule has 0 bridgehead atoms. The predicted octanol–water partition coefficient (Wildman–Crippen LogP) is 2.60. The van der Waals surface area contributed by atoms with Crippen molar-refractivity contribution >= 4 is 21.8 Å². The lowest BCUT2D eigenvalue weighted by atomic mass is 10.1. The van der Waals surface area contributed by atoms with Gasteiger partial charge in [-0.25, -0.2) is 0 Å². The van der Waals surface area contributed by atoms with Gasteiger partial charge in [-0.2, -0.15) is 0 Å². The number of rotatable bonds is 4. The van der Waals surface area contributed by atoms with E-state index in [9.17, 15) is 4.79 Å². The molecule has 0 saturated carbocycles. The fourth-order valence-corrected chi connectivity index (χ4v) is 1.87. The Hall–Kier alpha value is -1.23. The first-order valence-electron chi connectivity index (χ1n) is 5.22. The molecule has 0 aliphatic carbocycles. The van der Waals surface area contributed by atoms with Gasteiger partial charge < -0.3 is 14.8 Å². The van der Waals surface area contributed by atoms with Crippen molar-refractivity contribution in [2.45, 2.75) is 19.9 Å². The van der Waals surface area contributed by atoms with E-state index in [2.05, 4.69) is 21.2 Å². The molecular formula is C12H16BrNO3. The van der Waals surface area contributed by atoms with Gasteiger partial charge in [-0.3, -0.25) is 4.79 Å². The van der Waals surface area contributed by atoms with Crippen LogP contribution in [-0.2, 0) is 0 Å². The first-order chi connectivity index (χ1) is 7.99. The first kappa shape index (κ1) is 13.8. The van der Waals surface area contributed by atoms with Gasteiger partial charge in [0, 0.05) is 10.5 Å². The third kappa shape index (κ3) is 3.36. The maximum Gasteiger partial charge on any atom is 0.252 e. The second-order valence-electron chi connectivity index (χ2n) is 3.82. The Balaban J connectivity index is 3.12. The number of hydrogen-bond acceptors (Lipinski definition) is 3. The van der Waals surface area contributed by atoms with Crippen molar-refractivity contribution in [1.29, 1.82) is 0 Å². The summed E-state index contributed by atoms with van der Waals surface area (Å²) in [5, 5.41) is 2.82. The molecule has 0 saturated heterocycles. The summed E-state index contributed by atoms with van der Waals surface area (Å²) in [6, 6.07) is 3.46. The fraction of sp³-hybridized carbons (Fsp3) is 0.417. The number of nitrogens with one attached hydrogen (secondary N) is 1. The number of hydrogen-bond donors (Lipinski definition) is 1. The van der Waals surface area contributed by atoms with Crippen molar-refractivity contribution in [2.75, 3.05) is 14.2 Å². The number of benzene rings is 1. The van der Waals surface area contributed by atoms with Crippen LogP contribution in [0.2, 0.25) is 0 Å². The number of halogens is 1. The molecule has 0 radical (unpaired) electrons. The zero-order chi connectivity index (χ0) is 13.0. The zero-order valence-corrected chi connectivity index (χ0v) is 11.9. The van der Waals surface area contributed by atoms with Gasteiger partial charge in [-0.15, -0.1) is 0 Å². The summed E-state index contributed by atoms with van der Waals surface area (Å²) < 4.78 is 11.0. The largest absolute Gasteiger partial charge is 0.493 e. The molecule has 1 rings (SSSR count). The van der Waals surface area contributed by atoms with Crippen LogP contribution < -0.4 is 14.8 Å². The van der Waals surface area contributed by atoms with E-state index in [1.165, 1.54) is 7.11 Å². The third-order valence-electron chi connectivity index (χ3n) is 2.14. The van der Waals surface area contributed by atoms with Gasteiger partial charge in [0.1, 0.15) is 0 Å². The lowest BCUT2D eigenvalue weighted by Gasteiger charge is -2.13. The summed E-state index contributed by atoms with van der Waals surface area (Å²) in [7, 11) is 3.09. The molecule has 0 fully saturated rings. The molecule has 0 unspecified atom stereocenters. The molecule has 0 aliphatic heterocycles. The van der Waals surface area contributed by atoms with Crippen LogP contribution in [0, 0.1) is 0 Å². The first-order valence-corrected chi connectivity index (χ1v) is 6.01. The molecule has 0 atom stereocenters. The van der Waals surface area contributed by atoms with E-state index in [1.54, 1.807) is 19.2 Å². The number of carbonyl (C=O) groups excluding carboxylic acids is 1. The Morgan fingerprint density at radius 3 is 2.24 bits per heavy atom. The van der Waals surface area contributed by atoms with E-state index >= 15 is 0 Å². The van der Waals surface area contributed by atoms with Crippen molar-refractivity contribution < 1.29 is 14.3 Å². The van der Waals surface area contributed by atoms with Gasteiger partial charge >= 0.3 is 0 Å². The fourth-order valence-electron chi connectivity index (χ4n) is 1.37. The average molecular weight is 302 g/mol. The maximum absolute atomic E-state index is 11.9. The van der Waals surface area contributed by atoms with Gasteiger partial charge in [0.2, 0.25) is 0 Å². The molecule has 5 heteroatoms. The smallest absolute Gasteiger partial charge is 0.252 e. The molecule has 1 aromatic carbocycles. The van der Waals surface area contributed by atoms with E-state index in [0.29, 0.717) is 21.5 Å². The molecule has 0 heterocycles.